The third-order valence-electron chi connectivity index (χ3n) is 3.63. The first-order chi connectivity index (χ1) is 12.7. The summed E-state index contributed by atoms with van der Waals surface area (Å²) in [4.78, 5) is 17.1. The molecule has 0 fully saturated rings. The van der Waals surface area contributed by atoms with E-state index in [0.717, 1.165) is 10.2 Å². The smallest absolute Gasteiger partial charge is 0.257 e. The average molecular weight is 372 g/mol. The molecule has 6 nitrogen and oxygen atoms in total. The minimum Gasteiger partial charge on any atom is -0.494 e. The fraction of sp³-hybridized carbons (Fsp3) is 0.263. The van der Waals surface area contributed by atoms with Crippen LogP contribution in [0.4, 0.5) is 5.13 Å². The summed E-state index contributed by atoms with van der Waals surface area (Å²) in [7, 11) is 1.60. The number of carbonyl (C=O) groups is 1. The Balaban J connectivity index is 1.84. The van der Waals surface area contributed by atoms with Gasteiger partial charge in [0.05, 0.1) is 25.0 Å². The van der Waals surface area contributed by atoms with Gasteiger partial charge in [-0.2, -0.15) is 0 Å². The summed E-state index contributed by atoms with van der Waals surface area (Å²) in [5.74, 6) is 1.59. The number of benzene rings is 2. The molecule has 0 saturated carbocycles. The second kappa shape index (κ2) is 8.05. The monoisotopic (exact) mass is 372 g/mol. The van der Waals surface area contributed by atoms with Crippen molar-refractivity contribution in [2.24, 2.45) is 0 Å². The fourth-order valence-electron chi connectivity index (χ4n) is 2.50. The summed E-state index contributed by atoms with van der Waals surface area (Å²) in [6.07, 6.45) is 0. The van der Waals surface area contributed by atoms with Gasteiger partial charge in [0.2, 0.25) is 0 Å². The van der Waals surface area contributed by atoms with E-state index in [1.165, 1.54) is 11.3 Å². The highest BCUT2D eigenvalue weighted by Gasteiger charge is 2.15. The Morgan fingerprint density at radius 2 is 1.85 bits per heavy atom. The minimum atomic E-state index is -0.257. The second-order valence-corrected chi connectivity index (χ2v) is 6.34. The first-order valence-electron chi connectivity index (χ1n) is 8.30. The van der Waals surface area contributed by atoms with Crippen LogP contribution in [0.5, 0.6) is 17.2 Å². The number of ether oxygens (including phenoxy) is 3. The third-order valence-corrected chi connectivity index (χ3v) is 4.56. The molecule has 1 aromatic heterocycles. The van der Waals surface area contributed by atoms with Crippen LogP contribution in [-0.4, -0.2) is 31.2 Å². The van der Waals surface area contributed by atoms with Crippen molar-refractivity contribution in [3.8, 4) is 17.2 Å². The van der Waals surface area contributed by atoms with Gasteiger partial charge in [-0.15, -0.1) is 0 Å². The number of nitrogens with one attached hydrogen (secondary N) is 1. The molecule has 3 aromatic rings. The fourth-order valence-corrected chi connectivity index (χ4v) is 3.38. The Morgan fingerprint density at radius 3 is 2.58 bits per heavy atom. The molecule has 136 valence electrons. The number of aromatic nitrogens is 1. The van der Waals surface area contributed by atoms with Gasteiger partial charge >= 0.3 is 0 Å². The van der Waals surface area contributed by atoms with Gasteiger partial charge in [-0.3, -0.25) is 10.1 Å². The van der Waals surface area contributed by atoms with Gasteiger partial charge in [0.1, 0.15) is 11.3 Å². The van der Waals surface area contributed by atoms with Crippen LogP contribution in [0, 0.1) is 0 Å². The maximum absolute atomic E-state index is 12.6. The average Bonchev–Trinajstić information content (AvgIpc) is 3.05. The number of amides is 1. The van der Waals surface area contributed by atoms with Crippen molar-refractivity contribution in [1.82, 2.24) is 4.98 Å². The van der Waals surface area contributed by atoms with E-state index in [0.29, 0.717) is 41.2 Å². The van der Waals surface area contributed by atoms with E-state index in [-0.39, 0.29) is 5.91 Å². The molecule has 0 bridgehead atoms. The van der Waals surface area contributed by atoms with Gasteiger partial charge in [0.25, 0.3) is 5.91 Å². The van der Waals surface area contributed by atoms with Gasteiger partial charge in [-0.05, 0) is 44.2 Å². The zero-order chi connectivity index (χ0) is 18.5. The molecule has 0 spiro atoms. The molecule has 2 aromatic carbocycles. The lowest BCUT2D eigenvalue weighted by atomic mass is 10.2. The van der Waals surface area contributed by atoms with Gasteiger partial charge in [-0.25, -0.2) is 4.98 Å². The van der Waals surface area contributed by atoms with Crippen molar-refractivity contribution in [3.63, 3.8) is 0 Å². The maximum Gasteiger partial charge on any atom is 0.257 e. The zero-order valence-corrected chi connectivity index (χ0v) is 15.7. The normalized spacial score (nSPS) is 10.6. The Bertz CT molecular complexity index is 923. The Labute approximate surface area is 155 Å². The first kappa shape index (κ1) is 18.0. The number of hydrogen-bond donors (Lipinski definition) is 1. The summed E-state index contributed by atoms with van der Waals surface area (Å²) in [5.41, 5.74) is 1.21. The number of para-hydroxylation sites is 1. The highest BCUT2D eigenvalue weighted by molar-refractivity contribution is 7.22. The van der Waals surface area contributed by atoms with Crippen molar-refractivity contribution in [2.45, 2.75) is 13.8 Å². The van der Waals surface area contributed by atoms with E-state index in [1.807, 2.05) is 32.0 Å². The van der Waals surface area contributed by atoms with E-state index in [9.17, 15) is 4.79 Å². The molecular formula is C19H20N2O4S. The predicted molar refractivity (Wildman–Crippen MR) is 103 cm³/mol. The molecule has 0 aliphatic rings. The molecule has 0 atom stereocenters. The quantitative estimate of drug-likeness (QED) is 0.667. The molecule has 7 heteroatoms. The van der Waals surface area contributed by atoms with Gasteiger partial charge in [0, 0.05) is 5.56 Å². The molecule has 26 heavy (non-hydrogen) atoms. The van der Waals surface area contributed by atoms with Gasteiger partial charge in [0.15, 0.2) is 16.6 Å². The van der Waals surface area contributed by atoms with E-state index >= 15 is 0 Å². The predicted octanol–water partition coefficient (Wildman–Crippen LogP) is 4.35. The highest BCUT2D eigenvalue weighted by atomic mass is 32.1. The van der Waals surface area contributed by atoms with Crippen molar-refractivity contribution in [1.29, 1.82) is 0 Å². The molecule has 3 rings (SSSR count). The molecule has 1 N–H and O–H groups in total. The van der Waals surface area contributed by atoms with Crippen LogP contribution in [0.2, 0.25) is 0 Å². The van der Waals surface area contributed by atoms with Gasteiger partial charge in [-0.1, -0.05) is 17.4 Å². The minimum absolute atomic E-state index is 0.257. The molecule has 0 radical (unpaired) electrons. The summed E-state index contributed by atoms with van der Waals surface area (Å²) >= 11 is 1.40. The van der Waals surface area contributed by atoms with E-state index < -0.39 is 0 Å². The summed E-state index contributed by atoms with van der Waals surface area (Å²) in [6, 6.07) is 10.8. The molecular weight excluding hydrogens is 352 g/mol. The Hall–Kier alpha value is -2.80. The molecule has 1 heterocycles. The lowest BCUT2D eigenvalue weighted by Gasteiger charge is -2.12. The number of anilines is 1. The number of nitrogens with zero attached hydrogens (tertiary/aromatic N) is 1. The zero-order valence-electron chi connectivity index (χ0n) is 14.9. The van der Waals surface area contributed by atoms with Crippen molar-refractivity contribution in [2.75, 3.05) is 25.6 Å². The summed E-state index contributed by atoms with van der Waals surface area (Å²) in [6.45, 7) is 4.80. The van der Waals surface area contributed by atoms with Gasteiger partial charge < -0.3 is 14.2 Å². The van der Waals surface area contributed by atoms with Crippen molar-refractivity contribution < 1.29 is 19.0 Å². The van der Waals surface area contributed by atoms with Crippen LogP contribution in [0.15, 0.2) is 36.4 Å². The molecule has 0 aliphatic heterocycles. The Kier molecular flexibility index (Phi) is 5.58. The molecule has 0 unspecified atom stereocenters. The summed E-state index contributed by atoms with van der Waals surface area (Å²) < 4.78 is 17.4. The summed E-state index contributed by atoms with van der Waals surface area (Å²) in [5, 5.41) is 3.35. The SMILES string of the molecule is CCOc1ccc(C(=O)Nc2nc3c(OC)cccc3s2)cc1OCC. The van der Waals surface area contributed by atoms with Crippen molar-refractivity contribution in [3.05, 3.63) is 42.0 Å². The van der Waals surface area contributed by atoms with Crippen LogP contribution in [0.25, 0.3) is 10.2 Å². The van der Waals surface area contributed by atoms with E-state index in [1.54, 1.807) is 25.3 Å². The number of thiazole rings is 1. The number of hydrogen-bond acceptors (Lipinski definition) is 6. The van der Waals surface area contributed by atoms with Crippen LogP contribution in [0.3, 0.4) is 0 Å². The van der Waals surface area contributed by atoms with E-state index in [2.05, 4.69) is 10.3 Å². The molecule has 1 amide bonds. The van der Waals surface area contributed by atoms with Crippen LogP contribution >= 0.6 is 11.3 Å². The Morgan fingerprint density at radius 1 is 1.08 bits per heavy atom. The van der Waals surface area contributed by atoms with Crippen LogP contribution in [0.1, 0.15) is 24.2 Å². The molecule has 0 saturated heterocycles. The number of carbonyl (C=O) groups excluding carboxylic acids is 1. The maximum atomic E-state index is 12.6. The topological polar surface area (TPSA) is 69.7 Å². The number of fused-ring (bicyclic) bond motifs is 1. The third kappa shape index (κ3) is 3.72. The first-order valence-corrected chi connectivity index (χ1v) is 9.12. The van der Waals surface area contributed by atoms with Crippen LogP contribution in [-0.2, 0) is 0 Å². The van der Waals surface area contributed by atoms with Crippen LogP contribution < -0.4 is 19.5 Å². The number of rotatable bonds is 7. The second-order valence-electron chi connectivity index (χ2n) is 5.31. The highest BCUT2D eigenvalue weighted by Crippen LogP contribution is 2.33. The lowest BCUT2D eigenvalue weighted by molar-refractivity contribution is 0.102. The standard InChI is InChI=1S/C19H20N2O4S/c1-4-24-13-10-9-12(11-15(13)25-5-2)18(22)21-19-20-17-14(23-3)7-6-8-16(17)26-19/h6-11H,4-5H2,1-3H3,(H,20,21,22). The van der Waals surface area contributed by atoms with E-state index in [4.69, 9.17) is 14.2 Å². The lowest BCUT2D eigenvalue weighted by Crippen LogP contribution is -2.12. The number of methoxy groups -OCH3 is 1. The molecule has 0 aliphatic carbocycles. The van der Waals surface area contributed by atoms with Crippen molar-refractivity contribution >= 4 is 32.6 Å². The largest absolute Gasteiger partial charge is 0.494 e.